The molecule has 110 valence electrons. The maximum absolute atomic E-state index is 5.89. The van der Waals surface area contributed by atoms with Crippen molar-refractivity contribution >= 4 is 11.6 Å². The summed E-state index contributed by atoms with van der Waals surface area (Å²) in [6.07, 6.45) is 2.28. The van der Waals surface area contributed by atoms with Gasteiger partial charge in [-0.05, 0) is 39.5 Å². The van der Waals surface area contributed by atoms with E-state index in [9.17, 15) is 0 Å². The lowest BCUT2D eigenvalue weighted by molar-refractivity contribution is 0.186. The predicted molar refractivity (Wildman–Crippen MR) is 91.6 cm³/mol. The predicted octanol–water partition coefficient (Wildman–Crippen LogP) is 4.85. The van der Waals surface area contributed by atoms with Crippen molar-refractivity contribution in [3.8, 4) is 0 Å². The highest BCUT2D eigenvalue weighted by atomic mass is 16.5. The summed E-state index contributed by atoms with van der Waals surface area (Å²) in [4.78, 5) is 0. The third-order valence-electron chi connectivity index (χ3n) is 4.82. The van der Waals surface area contributed by atoms with Crippen LogP contribution in [0.3, 0.4) is 0 Å². The molecule has 2 aromatic carbocycles. The fraction of sp³-hybridized carbons (Fsp3) is 0.238. The maximum Gasteiger partial charge on any atom is 0.0730 e. The van der Waals surface area contributed by atoms with Gasteiger partial charge in [-0.1, -0.05) is 68.4 Å². The van der Waals surface area contributed by atoms with Crippen LogP contribution in [-0.4, -0.2) is 13.2 Å². The molecule has 0 unspecified atom stereocenters. The molecule has 1 heteroatoms. The van der Waals surface area contributed by atoms with Crippen LogP contribution in [0.2, 0.25) is 0 Å². The number of hydrogen-bond acceptors (Lipinski definition) is 1. The van der Waals surface area contributed by atoms with E-state index in [2.05, 4.69) is 74.5 Å². The lowest BCUT2D eigenvalue weighted by atomic mass is 9.77. The second-order valence-corrected chi connectivity index (χ2v) is 6.60. The van der Waals surface area contributed by atoms with E-state index in [1.807, 2.05) is 0 Å². The summed E-state index contributed by atoms with van der Waals surface area (Å²) in [5.41, 5.74) is 8.22. The Hall–Kier alpha value is -2.12. The van der Waals surface area contributed by atoms with E-state index >= 15 is 0 Å². The summed E-state index contributed by atoms with van der Waals surface area (Å²) in [6, 6.07) is 19.3. The van der Waals surface area contributed by atoms with E-state index < -0.39 is 0 Å². The molecule has 0 fully saturated rings. The smallest absolute Gasteiger partial charge is 0.0730 e. The van der Waals surface area contributed by atoms with Crippen molar-refractivity contribution in [2.24, 2.45) is 0 Å². The minimum atomic E-state index is 0.0519. The zero-order valence-corrected chi connectivity index (χ0v) is 13.1. The second kappa shape index (κ2) is 4.96. The van der Waals surface area contributed by atoms with Crippen molar-refractivity contribution < 1.29 is 4.74 Å². The van der Waals surface area contributed by atoms with E-state index in [-0.39, 0.29) is 5.41 Å². The van der Waals surface area contributed by atoms with Crippen LogP contribution in [-0.2, 0) is 10.2 Å². The number of ether oxygens (including phenoxy) is 1. The lowest BCUT2D eigenvalue weighted by Crippen LogP contribution is -2.22. The Bertz CT molecular complexity index is 779. The molecule has 1 heterocycles. The average molecular weight is 288 g/mol. The molecule has 1 nitrogen and oxygen atoms in total. The van der Waals surface area contributed by atoms with Crippen LogP contribution < -0.4 is 0 Å². The summed E-state index contributed by atoms with van der Waals surface area (Å²) >= 11 is 0. The maximum atomic E-state index is 5.89. The van der Waals surface area contributed by atoms with Gasteiger partial charge in [-0.15, -0.1) is 0 Å². The Balaban J connectivity index is 1.89. The average Bonchev–Trinajstić information content (AvgIpc) is 2.78. The number of rotatable bonds is 1. The SMILES string of the molecule is CC1(C)C2=C(COC/C2=C\c2ccccc2)c2ccccc21. The van der Waals surface area contributed by atoms with Gasteiger partial charge in [-0.3, -0.25) is 0 Å². The molecule has 0 bridgehead atoms. The molecular weight excluding hydrogens is 268 g/mol. The molecule has 22 heavy (non-hydrogen) atoms. The Morgan fingerprint density at radius 2 is 1.64 bits per heavy atom. The summed E-state index contributed by atoms with van der Waals surface area (Å²) in [7, 11) is 0. The molecule has 0 atom stereocenters. The van der Waals surface area contributed by atoms with E-state index in [0.717, 1.165) is 6.61 Å². The van der Waals surface area contributed by atoms with E-state index in [1.165, 1.54) is 33.4 Å². The van der Waals surface area contributed by atoms with Gasteiger partial charge in [0.1, 0.15) is 0 Å². The highest BCUT2D eigenvalue weighted by Crippen LogP contribution is 2.50. The first kappa shape index (κ1) is 13.5. The van der Waals surface area contributed by atoms with Gasteiger partial charge in [0.15, 0.2) is 0 Å². The van der Waals surface area contributed by atoms with Crippen LogP contribution in [0.25, 0.3) is 11.6 Å². The van der Waals surface area contributed by atoms with E-state index in [4.69, 9.17) is 4.74 Å². The van der Waals surface area contributed by atoms with Crippen LogP contribution in [0.4, 0.5) is 0 Å². The van der Waals surface area contributed by atoms with Gasteiger partial charge in [-0.2, -0.15) is 0 Å². The first-order valence-electron chi connectivity index (χ1n) is 7.85. The third kappa shape index (κ3) is 1.97. The topological polar surface area (TPSA) is 9.23 Å². The largest absolute Gasteiger partial charge is 0.372 e. The van der Waals surface area contributed by atoms with Crippen LogP contribution in [0.5, 0.6) is 0 Å². The van der Waals surface area contributed by atoms with Gasteiger partial charge in [0.25, 0.3) is 0 Å². The van der Waals surface area contributed by atoms with Crippen molar-refractivity contribution in [1.82, 2.24) is 0 Å². The lowest BCUT2D eigenvalue weighted by Gasteiger charge is -2.29. The molecule has 0 saturated heterocycles. The molecular formula is C21H20O. The monoisotopic (exact) mass is 288 g/mol. The van der Waals surface area contributed by atoms with Crippen molar-refractivity contribution in [3.63, 3.8) is 0 Å². The van der Waals surface area contributed by atoms with Crippen LogP contribution in [0.1, 0.15) is 30.5 Å². The van der Waals surface area contributed by atoms with Crippen molar-refractivity contribution in [1.29, 1.82) is 0 Å². The van der Waals surface area contributed by atoms with E-state index in [0.29, 0.717) is 6.61 Å². The Morgan fingerprint density at radius 3 is 2.45 bits per heavy atom. The van der Waals surface area contributed by atoms with Crippen molar-refractivity contribution in [2.75, 3.05) is 13.2 Å². The fourth-order valence-electron chi connectivity index (χ4n) is 3.88. The molecule has 0 aromatic heterocycles. The van der Waals surface area contributed by atoms with Gasteiger partial charge < -0.3 is 4.74 Å². The summed E-state index contributed by atoms with van der Waals surface area (Å²) in [6.45, 7) is 6.09. The minimum absolute atomic E-state index is 0.0519. The van der Waals surface area contributed by atoms with Gasteiger partial charge in [-0.25, -0.2) is 0 Å². The molecule has 2 aliphatic rings. The number of fused-ring (bicyclic) bond motifs is 2. The summed E-state index contributed by atoms with van der Waals surface area (Å²) in [5, 5.41) is 0. The molecule has 0 amide bonds. The quantitative estimate of drug-likeness (QED) is 0.729. The van der Waals surface area contributed by atoms with Crippen molar-refractivity contribution in [3.05, 3.63) is 82.4 Å². The second-order valence-electron chi connectivity index (χ2n) is 6.60. The molecule has 0 radical (unpaired) electrons. The highest BCUT2D eigenvalue weighted by molar-refractivity contribution is 5.86. The number of hydrogen-bond donors (Lipinski definition) is 0. The van der Waals surface area contributed by atoms with Crippen LogP contribution in [0, 0.1) is 0 Å². The summed E-state index contributed by atoms with van der Waals surface area (Å²) in [5.74, 6) is 0. The van der Waals surface area contributed by atoms with Gasteiger partial charge >= 0.3 is 0 Å². The van der Waals surface area contributed by atoms with Gasteiger partial charge in [0.05, 0.1) is 13.2 Å². The molecule has 0 spiro atoms. The third-order valence-corrected chi connectivity index (χ3v) is 4.82. The van der Waals surface area contributed by atoms with Crippen LogP contribution >= 0.6 is 0 Å². The molecule has 4 rings (SSSR count). The molecule has 0 saturated carbocycles. The first-order valence-corrected chi connectivity index (χ1v) is 7.85. The van der Waals surface area contributed by atoms with Crippen molar-refractivity contribution in [2.45, 2.75) is 19.3 Å². The zero-order chi connectivity index (χ0) is 15.2. The Morgan fingerprint density at radius 1 is 0.909 bits per heavy atom. The standard InChI is InChI=1S/C21H20O/c1-21(2)19-11-7-6-10-17(19)18-14-22-13-16(20(18)21)12-15-8-4-3-5-9-15/h3-12H,13-14H2,1-2H3/b16-12+. The normalized spacial score (nSPS) is 20.9. The Kier molecular flexibility index (Phi) is 3.05. The minimum Gasteiger partial charge on any atom is -0.372 e. The van der Waals surface area contributed by atoms with E-state index in [1.54, 1.807) is 0 Å². The highest BCUT2D eigenvalue weighted by Gasteiger charge is 2.40. The van der Waals surface area contributed by atoms with Gasteiger partial charge in [0.2, 0.25) is 0 Å². The fourth-order valence-corrected chi connectivity index (χ4v) is 3.88. The number of benzene rings is 2. The zero-order valence-electron chi connectivity index (χ0n) is 13.1. The molecule has 1 aliphatic heterocycles. The van der Waals surface area contributed by atoms with Crippen LogP contribution in [0.15, 0.2) is 65.7 Å². The first-order chi connectivity index (χ1) is 10.7. The van der Waals surface area contributed by atoms with Gasteiger partial charge in [0, 0.05) is 5.41 Å². The summed E-state index contributed by atoms with van der Waals surface area (Å²) < 4.78 is 5.89. The molecule has 0 N–H and O–H groups in total. The Labute approximate surface area is 131 Å². The molecule has 2 aromatic rings. The molecule has 1 aliphatic carbocycles.